The first-order valence-electron chi connectivity index (χ1n) is 6.41. The first kappa shape index (κ1) is 19.0. The Hall–Kier alpha value is -0.0400. The molecule has 0 aromatic rings. The van der Waals surface area contributed by atoms with E-state index in [9.17, 15) is 9.59 Å². The van der Waals surface area contributed by atoms with Crippen molar-refractivity contribution in [2.75, 3.05) is 12.4 Å². The molecule has 1 heterocycles. The van der Waals surface area contributed by atoms with Crippen LogP contribution in [0.5, 0.6) is 0 Å². The van der Waals surface area contributed by atoms with Crippen molar-refractivity contribution in [1.82, 2.24) is 10.2 Å². The summed E-state index contributed by atoms with van der Waals surface area (Å²) >= 11 is 18.2. The van der Waals surface area contributed by atoms with E-state index >= 15 is 0 Å². The Balaban J connectivity index is 2.81. The zero-order valence-electron chi connectivity index (χ0n) is 12.3. The predicted molar refractivity (Wildman–Crippen MR) is 87.1 cm³/mol. The van der Waals surface area contributed by atoms with E-state index in [2.05, 4.69) is 5.32 Å². The zero-order valence-corrected chi connectivity index (χ0v) is 15.4. The van der Waals surface area contributed by atoms with Gasteiger partial charge in [0.1, 0.15) is 12.6 Å². The highest BCUT2D eigenvalue weighted by molar-refractivity contribution is 8.00. The lowest BCUT2D eigenvalue weighted by atomic mass is 10.2. The summed E-state index contributed by atoms with van der Waals surface area (Å²) in [6.07, 6.45) is -0.666. The topological polar surface area (TPSA) is 58.6 Å². The van der Waals surface area contributed by atoms with Crippen molar-refractivity contribution >= 4 is 58.6 Å². The minimum Gasteiger partial charge on any atom is -0.445 e. The van der Waals surface area contributed by atoms with Crippen molar-refractivity contribution in [2.24, 2.45) is 0 Å². The number of amides is 2. The van der Waals surface area contributed by atoms with Crippen LogP contribution in [0, 0.1) is 0 Å². The van der Waals surface area contributed by atoms with E-state index in [4.69, 9.17) is 39.5 Å². The number of nitrogens with zero attached hydrogens (tertiary/aromatic N) is 1. The van der Waals surface area contributed by atoms with Crippen LogP contribution in [-0.4, -0.2) is 50.0 Å². The highest BCUT2D eigenvalue weighted by atomic mass is 35.6. The van der Waals surface area contributed by atoms with Crippen LogP contribution >= 0.6 is 46.6 Å². The van der Waals surface area contributed by atoms with Crippen molar-refractivity contribution in [3.05, 3.63) is 0 Å². The molecule has 1 atom stereocenters. The minimum absolute atomic E-state index is 0.00902. The number of carbonyl (C=O) groups excluding carboxylic acids is 2. The fourth-order valence-corrected chi connectivity index (χ4v) is 3.31. The molecule has 0 spiro atoms. The Kier molecular flexibility index (Phi) is 6.36. The van der Waals surface area contributed by atoms with Crippen LogP contribution in [0.25, 0.3) is 0 Å². The van der Waals surface area contributed by atoms with Gasteiger partial charge < -0.3 is 10.1 Å². The number of hydrogen-bond donors (Lipinski definition) is 1. The first-order valence-corrected chi connectivity index (χ1v) is 8.53. The van der Waals surface area contributed by atoms with Gasteiger partial charge in [-0.05, 0) is 27.7 Å². The third-order valence-electron chi connectivity index (χ3n) is 2.78. The number of rotatable bonds is 3. The van der Waals surface area contributed by atoms with Crippen molar-refractivity contribution in [1.29, 1.82) is 0 Å². The van der Waals surface area contributed by atoms with Gasteiger partial charge in [0.2, 0.25) is 9.70 Å². The van der Waals surface area contributed by atoms with E-state index in [1.165, 1.54) is 16.7 Å². The molecule has 0 aromatic carbocycles. The van der Waals surface area contributed by atoms with Gasteiger partial charge in [0, 0.05) is 11.8 Å². The Bertz CT molecular complexity index is 413. The summed E-state index contributed by atoms with van der Waals surface area (Å²) in [5, 5.41) is 2.80. The fraction of sp³-hybridized carbons (Fsp3) is 0.833. The van der Waals surface area contributed by atoms with Gasteiger partial charge in [-0.25, -0.2) is 4.79 Å². The lowest BCUT2D eigenvalue weighted by Crippen LogP contribution is -2.54. The van der Waals surface area contributed by atoms with E-state index in [0.717, 1.165) is 0 Å². The molecule has 2 amide bonds. The van der Waals surface area contributed by atoms with Crippen molar-refractivity contribution in [3.8, 4) is 0 Å². The molecule has 5 nitrogen and oxygen atoms in total. The van der Waals surface area contributed by atoms with Crippen LogP contribution in [0.2, 0.25) is 0 Å². The van der Waals surface area contributed by atoms with Gasteiger partial charge in [0.05, 0.1) is 4.87 Å². The maximum Gasteiger partial charge on any atom is 0.411 e. The number of nitrogens with one attached hydrogen (secondary N) is 1. The van der Waals surface area contributed by atoms with Crippen LogP contribution in [0.15, 0.2) is 0 Å². The lowest BCUT2D eigenvalue weighted by molar-refractivity contribution is -0.126. The normalized spacial score (nSPS) is 21.5. The van der Waals surface area contributed by atoms with E-state index in [-0.39, 0.29) is 18.6 Å². The van der Waals surface area contributed by atoms with E-state index in [0.29, 0.717) is 5.75 Å². The molecule has 1 N–H and O–H groups in total. The van der Waals surface area contributed by atoms with Crippen molar-refractivity contribution in [3.63, 3.8) is 0 Å². The molecular weight excluding hydrogens is 359 g/mol. The molecule has 0 saturated carbocycles. The van der Waals surface area contributed by atoms with Gasteiger partial charge in [-0.15, -0.1) is 11.8 Å². The van der Waals surface area contributed by atoms with Gasteiger partial charge in [0.15, 0.2) is 0 Å². The molecule has 1 saturated heterocycles. The molecule has 0 bridgehead atoms. The number of thioether (sulfide) groups is 1. The van der Waals surface area contributed by atoms with Crippen LogP contribution in [0.1, 0.15) is 27.7 Å². The minimum atomic E-state index is -1.68. The van der Waals surface area contributed by atoms with Crippen LogP contribution in [0.3, 0.4) is 0 Å². The first-order chi connectivity index (χ1) is 9.44. The van der Waals surface area contributed by atoms with E-state index in [1.54, 1.807) is 0 Å². The summed E-state index contributed by atoms with van der Waals surface area (Å²) in [6, 6.07) is -0.611. The average Bonchev–Trinajstić information content (AvgIpc) is 2.60. The second kappa shape index (κ2) is 7.02. The highest BCUT2D eigenvalue weighted by Crippen LogP contribution is 2.39. The fourth-order valence-electron chi connectivity index (χ4n) is 1.94. The molecule has 1 aliphatic rings. The molecular formula is C12H19Cl3N2O3S. The van der Waals surface area contributed by atoms with E-state index < -0.39 is 20.8 Å². The SMILES string of the molecule is CC(C)NC(=O)C1CSC(C)(C)N1C(=O)OCC(Cl)(Cl)Cl. The maximum atomic E-state index is 12.2. The Morgan fingerprint density at radius 2 is 2.00 bits per heavy atom. The number of halogens is 3. The summed E-state index contributed by atoms with van der Waals surface area (Å²) in [7, 11) is 0. The van der Waals surface area contributed by atoms with Crippen LogP contribution in [-0.2, 0) is 9.53 Å². The third-order valence-corrected chi connectivity index (χ3v) is 4.49. The molecule has 0 radical (unpaired) electrons. The molecule has 9 heteroatoms. The molecule has 21 heavy (non-hydrogen) atoms. The number of hydrogen-bond acceptors (Lipinski definition) is 4. The molecule has 1 rings (SSSR count). The summed E-state index contributed by atoms with van der Waals surface area (Å²) in [6.45, 7) is 7.04. The predicted octanol–water partition coefficient (Wildman–Crippen LogP) is 3.17. The molecule has 122 valence electrons. The Labute approximate surface area is 144 Å². The third kappa shape index (κ3) is 5.58. The van der Waals surface area contributed by atoms with Gasteiger partial charge in [-0.2, -0.15) is 0 Å². The molecule has 1 unspecified atom stereocenters. The average molecular weight is 378 g/mol. The van der Waals surface area contributed by atoms with E-state index in [1.807, 2.05) is 27.7 Å². The lowest BCUT2D eigenvalue weighted by Gasteiger charge is -2.33. The summed E-state index contributed by atoms with van der Waals surface area (Å²) in [4.78, 5) is 25.3. The van der Waals surface area contributed by atoms with Gasteiger partial charge in [-0.1, -0.05) is 34.8 Å². The van der Waals surface area contributed by atoms with Gasteiger partial charge in [0.25, 0.3) is 0 Å². The monoisotopic (exact) mass is 376 g/mol. The quantitative estimate of drug-likeness (QED) is 0.768. The molecule has 0 aliphatic carbocycles. The molecule has 1 aliphatic heterocycles. The summed E-state index contributed by atoms with van der Waals surface area (Å²) in [5.74, 6) is 0.280. The number of carbonyl (C=O) groups is 2. The Morgan fingerprint density at radius 1 is 1.43 bits per heavy atom. The Morgan fingerprint density at radius 3 is 2.48 bits per heavy atom. The standard InChI is InChI=1S/C12H19Cl3N2O3S/c1-7(2)16-9(18)8-5-21-11(3,4)17(8)10(19)20-6-12(13,14)15/h7-8H,5-6H2,1-4H3,(H,16,18). The molecule has 1 fully saturated rings. The highest BCUT2D eigenvalue weighted by Gasteiger charge is 2.47. The van der Waals surface area contributed by atoms with Gasteiger partial charge in [-0.3, -0.25) is 9.69 Å². The smallest absolute Gasteiger partial charge is 0.411 e. The largest absolute Gasteiger partial charge is 0.445 e. The second-order valence-electron chi connectivity index (χ2n) is 5.48. The van der Waals surface area contributed by atoms with Crippen molar-refractivity contribution < 1.29 is 14.3 Å². The number of alkyl halides is 3. The number of ether oxygens (including phenoxy) is 1. The maximum absolute atomic E-state index is 12.2. The molecule has 0 aromatic heterocycles. The zero-order chi connectivity index (χ0) is 16.4. The van der Waals surface area contributed by atoms with Gasteiger partial charge >= 0.3 is 6.09 Å². The van der Waals surface area contributed by atoms with Crippen LogP contribution in [0.4, 0.5) is 4.79 Å². The summed E-state index contributed by atoms with van der Waals surface area (Å²) in [5.41, 5.74) is 0. The summed E-state index contributed by atoms with van der Waals surface area (Å²) < 4.78 is 3.33. The second-order valence-corrected chi connectivity index (χ2v) is 9.61. The van der Waals surface area contributed by atoms with Crippen LogP contribution < -0.4 is 5.32 Å². The van der Waals surface area contributed by atoms with Crippen molar-refractivity contribution in [2.45, 2.75) is 48.4 Å².